The van der Waals surface area contributed by atoms with Crippen LogP contribution in [-0.4, -0.2) is 70.0 Å². The smallest absolute Gasteiger partial charge is 0.306 e. The molecule has 0 heterocycles. The van der Waals surface area contributed by atoms with E-state index in [-0.39, 0.29) is 32.0 Å². The number of carbonyl (C=O) groups excluding carboxylic acids is 2. The first-order chi connectivity index (χ1) is 47.0. The van der Waals surface area contributed by atoms with E-state index in [0.29, 0.717) is 17.4 Å². The van der Waals surface area contributed by atoms with Gasteiger partial charge in [-0.15, -0.1) is 0 Å². The zero-order valence-electron chi connectivity index (χ0n) is 63.0. The fourth-order valence-electron chi connectivity index (χ4n) is 11.2. The second-order valence-electron chi connectivity index (χ2n) is 27.7. The van der Waals surface area contributed by atoms with Crippen LogP contribution in [0.5, 0.6) is 0 Å². The van der Waals surface area contributed by atoms with E-state index in [0.717, 1.165) is 116 Å². The van der Waals surface area contributed by atoms with Crippen molar-refractivity contribution >= 4 is 19.8 Å². The van der Waals surface area contributed by atoms with E-state index in [2.05, 4.69) is 148 Å². The molecular formula is C86H150NO8P. The molecule has 10 heteroatoms. The highest BCUT2D eigenvalue weighted by atomic mass is 31.2. The minimum atomic E-state index is -4.65. The lowest BCUT2D eigenvalue weighted by molar-refractivity contribution is -0.870. The quantitative estimate of drug-likeness (QED) is 0.0195. The first-order valence-electron chi connectivity index (χ1n) is 39.9. The number of ether oxygens (including phenoxy) is 2. The molecule has 0 aromatic carbocycles. The van der Waals surface area contributed by atoms with Gasteiger partial charge in [-0.2, -0.15) is 0 Å². The number of hydrogen-bond acceptors (Lipinski definition) is 8. The lowest BCUT2D eigenvalue weighted by Crippen LogP contribution is -2.37. The van der Waals surface area contributed by atoms with Crippen molar-refractivity contribution in [3.05, 3.63) is 134 Å². The van der Waals surface area contributed by atoms with Crippen molar-refractivity contribution in [3.8, 4) is 0 Å². The molecule has 552 valence electrons. The summed E-state index contributed by atoms with van der Waals surface area (Å²) in [6, 6.07) is 0. The summed E-state index contributed by atoms with van der Waals surface area (Å²) in [7, 11) is 1.17. The number of phosphoric acid groups is 1. The van der Waals surface area contributed by atoms with Gasteiger partial charge in [-0.05, 0) is 109 Å². The van der Waals surface area contributed by atoms with Crippen LogP contribution in [0.25, 0.3) is 0 Å². The first kappa shape index (κ1) is 92.2. The van der Waals surface area contributed by atoms with E-state index < -0.39 is 26.5 Å². The Bertz CT molecular complexity index is 2090. The number of likely N-dealkylation sites (N-methyl/N-ethyl adjacent to an activating group) is 1. The highest BCUT2D eigenvalue weighted by Gasteiger charge is 2.22. The first-order valence-corrected chi connectivity index (χ1v) is 41.4. The van der Waals surface area contributed by atoms with Gasteiger partial charge in [0.15, 0.2) is 6.10 Å². The highest BCUT2D eigenvalue weighted by molar-refractivity contribution is 7.45. The number of phosphoric ester groups is 1. The van der Waals surface area contributed by atoms with E-state index in [1.807, 2.05) is 21.1 Å². The van der Waals surface area contributed by atoms with Crippen LogP contribution in [0.1, 0.15) is 348 Å². The van der Waals surface area contributed by atoms with Gasteiger partial charge in [-0.1, -0.05) is 359 Å². The molecule has 0 N–H and O–H groups in total. The SMILES string of the molecule is CC/C=C\C/C=C\C/C=C\C/C=C\C/C=C\C/C=C\C/C=C\CCCCCCCCCCCCCC(=O)OC(COC(=O)CCCCCCCCCCCCCCCCCCCCCCCCCCCC/C=C\C/C=C\C/C=C\C/C=C\CC)COP(=O)([O-])OCC[N+](C)(C)C. The molecule has 0 bridgehead atoms. The summed E-state index contributed by atoms with van der Waals surface area (Å²) in [5.74, 6) is -0.828. The molecule has 96 heavy (non-hydrogen) atoms. The fraction of sp³-hybridized carbons (Fsp3) is 0.721. The van der Waals surface area contributed by atoms with Gasteiger partial charge in [0.2, 0.25) is 0 Å². The maximum Gasteiger partial charge on any atom is 0.306 e. The number of hydrogen-bond donors (Lipinski definition) is 0. The summed E-state index contributed by atoms with van der Waals surface area (Å²) in [4.78, 5) is 38.2. The molecule has 2 unspecified atom stereocenters. The largest absolute Gasteiger partial charge is 0.756 e. The van der Waals surface area contributed by atoms with E-state index in [1.165, 1.54) is 199 Å². The Kier molecular flexibility index (Phi) is 72.3. The summed E-state index contributed by atoms with van der Waals surface area (Å²) in [6.45, 7) is 4.04. The van der Waals surface area contributed by atoms with Gasteiger partial charge in [-0.3, -0.25) is 14.2 Å². The summed E-state index contributed by atoms with van der Waals surface area (Å²) in [5.41, 5.74) is 0. The summed E-state index contributed by atoms with van der Waals surface area (Å²) < 4.78 is 34.4. The van der Waals surface area contributed by atoms with Crippen molar-refractivity contribution < 1.29 is 42.1 Å². The molecule has 0 aliphatic rings. The second kappa shape index (κ2) is 75.4. The zero-order chi connectivity index (χ0) is 69.7. The topological polar surface area (TPSA) is 111 Å². The molecule has 0 aromatic rings. The molecule has 0 saturated heterocycles. The zero-order valence-corrected chi connectivity index (χ0v) is 63.9. The van der Waals surface area contributed by atoms with Crippen LogP contribution in [0.4, 0.5) is 0 Å². The van der Waals surface area contributed by atoms with Gasteiger partial charge >= 0.3 is 11.9 Å². The van der Waals surface area contributed by atoms with E-state index in [9.17, 15) is 19.0 Å². The number of unbranched alkanes of at least 4 members (excludes halogenated alkanes) is 37. The summed E-state index contributed by atoms with van der Waals surface area (Å²) in [6.07, 6.45) is 110. The molecule has 0 saturated carbocycles. The van der Waals surface area contributed by atoms with Crippen LogP contribution in [0.15, 0.2) is 134 Å². The summed E-state index contributed by atoms with van der Waals surface area (Å²) >= 11 is 0. The lowest BCUT2D eigenvalue weighted by Gasteiger charge is -2.28. The Morgan fingerprint density at radius 1 is 0.323 bits per heavy atom. The van der Waals surface area contributed by atoms with Gasteiger partial charge in [-0.25, -0.2) is 0 Å². The molecule has 2 atom stereocenters. The third-order valence-corrected chi connectivity index (χ3v) is 18.1. The molecule has 0 rings (SSSR count). The number of quaternary nitrogens is 1. The van der Waals surface area contributed by atoms with Gasteiger partial charge in [0, 0.05) is 12.8 Å². The van der Waals surface area contributed by atoms with Gasteiger partial charge in [0.1, 0.15) is 19.8 Å². The molecule has 0 aliphatic heterocycles. The maximum absolute atomic E-state index is 12.9. The Morgan fingerprint density at radius 3 is 0.833 bits per heavy atom. The summed E-state index contributed by atoms with van der Waals surface area (Å²) in [5, 5.41) is 0. The minimum absolute atomic E-state index is 0.0347. The lowest BCUT2D eigenvalue weighted by atomic mass is 10.0. The molecule has 0 fully saturated rings. The van der Waals surface area contributed by atoms with Crippen LogP contribution >= 0.6 is 7.82 Å². The normalized spacial score (nSPS) is 13.8. The standard InChI is InChI=1S/C86H150NO8P/c1-6-8-10-12-14-16-18-20-22-24-26-28-30-32-34-36-38-40-41-42-43-44-45-47-48-50-52-54-56-58-60-62-64-66-68-70-72-74-76-78-85(88)92-82-84(83-94-96(90,91)93-81-80-87(3,4)5)95-86(89)79-77-75-73-71-69-67-65-63-61-59-57-55-53-51-49-46-39-37-35-33-31-29-27-25-23-21-19-17-15-13-11-9-7-2/h8-11,14-17,20-23,26-29,33,35,39,46,51,53,84H,6-7,12-13,18-19,24-25,30-32,34,36-38,40-45,47-50,52,54-83H2,1-5H3/b10-8-,11-9-,16-14-,17-15-,22-20-,23-21-,28-26-,29-27-,35-33-,46-39-,53-51-. The third-order valence-electron chi connectivity index (χ3n) is 17.2. The Balaban J connectivity index is 3.96. The predicted molar refractivity (Wildman–Crippen MR) is 415 cm³/mol. The number of carbonyl (C=O) groups is 2. The van der Waals surface area contributed by atoms with Crippen LogP contribution in [-0.2, 0) is 32.7 Å². The minimum Gasteiger partial charge on any atom is -0.756 e. The van der Waals surface area contributed by atoms with Crippen molar-refractivity contribution in [1.82, 2.24) is 0 Å². The molecule has 0 spiro atoms. The molecule has 0 amide bonds. The molecule has 0 radical (unpaired) electrons. The Morgan fingerprint density at radius 2 is 0.562 bits per heavy atom. The van der Waals surface area contributed by atoms with Crippen LogP contribution < -0.4 is 4.89 Å². The number of nitrogens with zero attached hydrogens (tertiary/aromatic N) is 1. The van der Waals surface area contributed by atoms with Crippen LogP contribution in [0.2, 0.25) is 0 Å². The van der Waals surface area contributed by atoms with Crippen molar-refractivity contribution in [1.29, 1.82) is 0 Å². The molecule has 0 aromatic heterocycles. The van der Waals surface area contributed by atoms with E-state index in [4.69, 9.17) is 18.5 Å². The van der Waals surface area contributed by atoms with E-state index >= 15 is 0 Å². The number of rotatable bonds is 73. The van der Waals surface area contributed by atoms with Gasteiger partial charge in [0.25, 0.3) is 7.82 Å². The highest BCUT2D eigenvalue weighted by Crippen LogP contribution is 2.38. The van der Waals surface area contributed by atoms with Crippen molar-refractivity contribution in [3.63, 3.8) is 0 Å². The van der Waals surface area contributed by atoms with Crippen LogP contribution in [0.3, 0.4) is 0 Å². The van der Waals surface area contributed by atoms with Gasteiger partial charge < -0.3 is 27.9 Å². The number of allylic oxidation sites excluding steroid dienone is 22. The van der Waals surface area contributed by atoms with Crippen molar-refractivity contribution in [2.45, 2.75) is 354 Å². The van der Waals surface area contributed by atoms with Crippen molar-refractivity contribution in [2.24, 2.45) is 0 Å². The third kappa shape index (κ3) is 79.1. The molecular weight excluding hydrogens is 1210 g/mol. The van der Waals surface area contributed by atoms with Gasteiger partial charge in [0.05, 0.1) is 27.7 Å². The fourth-order valence-corrected chi connectivity index (χ4v) is 11.9. The maximum atomic E-state index is 12.9. The second-order valence-corrected chi connectivity index (χ2v) is 29.1. The average Bonchev–Trinajstić information content (AvgIpc) is 1.48. The van der Waals surface area contributed by atoms with Crippen LogP contribution in [0, 0.1) is 0 Å². The molecule has 0 aliphatic carbocycles. The van der Waals surface area contributed by atoms with E-state index in [1.54, 1.807) is 0 Å². The Labute approximate surface area is 593 Å². The molecule has 9 nitrogen and oxygen atoms in total. The Hall–Kier alpha value is -3.85. The number of esters is 2. The monoisotopic (exact) mass is 1360 g/mol. The average molecular weight is 1360 g/mol. The predicted octanol–water partition coefficient (Wildman–Crippen LogP) is 26.1. The van der Waals surface area contributed by atoms with Crippen molar-refractivity contribution in [2.75, 3.05) is 47.5 Å².